The first-order valence-corrected chi connectivity index (χ1v) is 6.99. The molecule has 0 bridgehead atoms. The average molecular weight is 328 g/mol. The van der Waals surface area contributed by atoms with E-state index in [1.807, 2.05) is 48.5 Å². The van der Waals surface area contributed by atoms with Crippen LogP contribution in [0.2, 0.25) is 0 Å². The van der Waals surface area contributed by atoms with Crippen LogP contribution in [0.25, 0.3) is 22.4 Å². The van der Waals surface area contributed by atoms with Crippen molar-refractivity contribution in [2.24, 2.45) is 0 Å². The Bertz CT molecular complexity index is 721. The molecule has 98 valence electrons. The van der Waals surface area contributed by atoms with E-state index in [-0.39, 0.29) is 5.82 Å². The monoisotopic (exact) mass is 327 g/mol. The molecular weight excluding hydrogens is 317 g/mol. The summed E-state index contributed by atoms with van der Waals surface area (Å²) in [7, 11) is 0. The number of nitrogens with zero attached hydrogens (tertiary/aromatic N) is 1. The topological polar surface area (TPSA) is 12.9 Å². The van der Waals surface area contributed by atoms with Crippen molar-refractivity contribution in [1.82, 2.24) is 4.98 Å². The van der Waals surface area contributed by atoms with Gasteiger partial charge in [0.1, 0.15) is 5.82 Å². The number of hydrogen-bond donors (Lipinski definition) is 0. The fourth-order valence-electron chi connectivity index (χ4n) is 2.10. The van der Waals surface area contributed by atoms with Crippen LogP contribution in [-0.2, 0) is 0 Å². The molecule has 3 heteroatoms. The first-order valence-electron chi connectivity index (χ1n) is 6.20. The number of benzene rings is 2. The van der Waals surface area contributed by atoms with Crippen molar-refractivity contribution in [3.63, 3.8) is 0 Å². The Hall–Kier alpha value is -2.00. The summed E-state index contributed by atoms with van der Waals surface area (Å²) < 4.78 is 14.2. The second-order valence-corrected chi connectivity index (χ2v) is 5.37. The van der Waals surface area contributed by atoms with Crippen molar-refractivity contribution >= 4 is 15.9 Å². The molecule has 1 heterocycles. The lowest BCUT2D eigenvalue weighted by atomic mass is 10.0. The number of pyridine rings is 1. The lowest BCUT2D eigenvalue weighted by molar-refractivity contribution is 0.627. The Morgan fingerprint density at radius 3 is 2.35 bits per heavy atom. The van der Waals surface area contributed by atoms with Gasteiger partial charge in [0.2, 0.25) is 0 Å². The van der Waals surface area contributed by atoms with Gasteiger partial charge in [-0.1, -0.05) is 46.3 Å². The highest BCUT2D eigenvalue weighted by molar-refractivity contribution is 9.10. The maximum absolute atomic E-state index is 13.5. The van der Waals surface area contributed by atoms with Gasteiger partial charge >= 0.3 is 0 Å². The Morgan fingerprint density at radius 2 is 1.60 bits per heavy atom. The third kappa shape index (κ3) is 2.78. The standard InChI is InChI=1S/C17H11BrFN/c18-15-8-14(9-16(19)11-15)17-10-13(6-7-20-17)12-4-2-1-3-5-12/h1-11H. The van der Waals surface area contributed by atoms with E-state index in [0.717, 1.165) is 22.4 Å². The fraction of sp³-hybridized carbons (Fsp3) is 0. The summed E-state index contributed by atoms with van der Waals surface area (Å²) >= 11 is 3.31. The van der Waals surface area contributed by atoms with Gasteiger partial charge in [-0.2, -0.15) is 0 Å². The van der Waals surface area contributed by atoms with E-state index >= 15 is 0 Å². The minimum absolute atomic E-state index is 0.277. The molecule has 1 nitrogen and oxygen atoms in total. The predicted molar refractivity (Wildman–Crippen MR) is 82.8 cm³/mol. The molecule has 0 saturated carbocycles. The molecule has 0 N–H and O–H groups in total. The molecule has 0 atom stereocenters. The highest BCUT2D eigenvalue weighted by Gasteiger charge is 2.05. The molecule has 0 saturated heterocycles. The molecule has 3 rings (SSSR count). The van der Waals surface area contributed by atoms with Crippen molar-refractivity contribution in [3.05, 3.63) is 77.2 Å². The molecule has 0 aliphatic carbocycles. The van der Waals surface area contributed by atoms with Crippen molar-refractivity contribution in [1.29, 1.82) is 0 Å². The molecule has 0 aliphatic heterocycles. The molecule has 0 spiro atoms. The van der Waals surface area contributed by atoms with Crippen LogP contribution in [-0.4, -0.2) is 4.98 Å². The molecule has 20 heavy (non-hydrogen) atoms. The first kappa shape index (κ1) is 13.0. The Balaban J connectivity index is 2.07. The summed E-state index contributed by atoms with van der Waals surface area (Å²) in [6, 6.07) is 18.8. The van der Waals surface area contributed by atoms with E-state index in [1.165, 1.54) is 12.1 Å². The molecule has 0 amide bonds. The van der Waals surface area contributed by atoms with Crippen LogP contribution in [0.4, 0.5) is 4.39 Å². The van der Waals surface area contributed by atoms with Crippen molar-refractivity contribution in [2.75, 3.05) is 0 Å². The summed E-state index contributed by atoms with van der Waals surface area (Å²) in [6.45, 7) is 0. The predicted octanol–water partition coefficient (Wildman–Crippen LogP) is 5.32. The third-order valence-electron chi connectivity index (χ3n) is 3.03. The summed E-state index contributed by atoms with van der Waals surface area (Å²) in [5.41, 5.74) is 3.70. The smallest absolute Gasteiger partial charge is 0.125 e. The Morgan fingerprint density at radius 1 is 0.800 bits per heavy atom. The zero-order valence-electron chi connectivity index (χ0n) is 10.6. The van der Waals surface area contributed by atoms with E-state index in [9.17, 15) is 4.39 Å². The minimum Gasteiger partial charge on any atom is -0.256 e. The zero-order chi connectivity index (χ0) is 13.9. The minimum atomic E-state index is -0.277. The maximum atomic E-state index is 13.5. The van der Waals surface area contributed by atoms with Gasteiger partial charge in [-0.25, -0.2) is 4.39 Å². The van der Waals surface area contributed by atoms with Crippen LogP contribution in [0.15, 0.2) is 71.3 Å². The number of rotatable bonds is 2. The van der Waals surface area contributed by atoms with E-state index in [0.29, 0.717) is 4.47 Å². The number of hydrogen-bond acceptors (Lipinski definition) is 1. The molecule has 2 aromatic carbocycles. The SMILES string of the molecule is Fc1cc(Br)cc(-c2cc(-c3ccccc3)ccn2)c1. The van der Waals surface area contributed by atoms with Gasteiger partial charge in [-0.05, 0) is 41.5 Å². The normalized spacial score (nSPS) is 10.5. The second-order valence-electron chi connectivity index (χ2n) is 4.45. The highest BCUT2D eigenvalue weighted by atomic mass is 79.9. The van der Waals surface area contributed by atoms with Gasteiger partial charge in [0.05, 0.1) is 5.69 Å². The average Bonchev–Trinajstić information content (AvgIpc) is 2.47. The van der Waals surface area contributed by atoms with E-state index < -0.39 is 0 Å². The van der Waals surface area contributed by atoms with Crippen LogP contribution >= 0.6 is 15.9 Å². The molecule has 0 aliphatic rings. The van der Waals surface area contributed by atoms with E-state index in [4.69, 9.17) is 0 Å². The molecule has 1 aromatic heterocycles. The number of aromatic nitrogens is 1. The van der Waals surface area contributed by atoms with Crippen LogP contribution in [0.1, 0.15) is 0 Å². The summed E-state index contributed by atoms with van der Waals surface area (Å²) in [5.74, 6) is -0.277. The van der Waals surface area contributed by atoms with Gasteiger partial charge in [0, 0.05) is 16.2 Å². The first-order chi connectivity index (χ1) is 9.72. The summed E-state index contributed by atoms with van der Waals surface area (Å²) in [5, 5.41) is 0. The van der Waals surface area contributed by atoms with Crippen LogP contribution in [0.5, 0.6) is 0 Å². The van der Waals surface area contributed by atoms with Gasteiger partial charge < -0.3 is 0 Å². The quantitative estimate of drug-likeness (QED) is 0.621. The highest BCUT2D eigenvalue weighted by Crippen LogP contribution is 2.27. The molecule has 0 fully saturated rings. The molecule has 0 unspecified atom stereocenters. The lowest BCUT2D eigenvalue weighted by Gasteiger charge is -2.06. The van der Waals surface area contributed by atoms with Crippen molar-refractivity contribution in [3.8, 4) is 22.4 Å². The zero-order valence-corrected chi connectivity index (χ0v) is 12.1. The Kier molecular flexibility index (Phi) is 3.61. The van der Waals surface area contributed by atoms with Crippen molar-refractivity contribution < 1.29 is 4.39 Å². The molecule has 3 aromatic rings. The summed E-state index contributed by atoms with van der Waals surface area (Å²) in [4.78, 5) is 4.33. The lowest BCUT2D eigenvalue weighted by Crippen LogP contribution is -1.87. The van der Waals surface area contributed by atoms with Crippen LogP contribution in [0, 0.1) is 5.82 Å². The van der Waals surface area contributed by atoms with Crippen LogP contribution < -0.4 is 0 Å². The fourth-order valence-corrected chi connectivity index (χ4v) is 2.57. The van der Waals surface area contributed by atoms with Crippen molar-refractivity contribution in [2.45, 2.75) is 0 Å². The van der Waals surface area contributed by atoms with Gasteiger partial charge in [0.25, 0.3) is 0 Å². The van der Waals surface area contributed by atoms with E-state index in [1.54, 1.807) is 6.20 Å². The largest absolute Gasteiger partial charge is 0.256 e. The van der Waals surface area contributed by atoms with Gasteiger partial charge in [0.15, 0.2) is 0 Å². The van der Waals surface area contributed by atoms with Crippen LogP contribution in [0.3, 0.4) is 0 Å². The number of halogens is 2. The molecular formula is C17H11BrFN. The molecule has 0 radical (unpaired) electrons. The van der Waals surface area contributed by atoms with Gasteiger partial charge in [-0.15, -0.1) is 0 Å². The summed E-state index contributed by atoms with van der Waals surface area (Å²) in [6.07, 6.45) is 1.75. The van der Waals surface area contributed by atoms with Gasteiger partial charge in [-0.3, -0.25) is 4.98 Å². The second kappa shape index (κ2) is 5.55. The van der Waals surface area contributed by atoms with E-state index in [2.05, 4.69) is 20.9 Å². The third-order valence-corrected chi connectivity index (χ3v) is 3.48. The Labute approximate surface area is 125 Å². The maximum Gasteiger partial charge on any atom is 0.125 e.